The SMILES string of the molecule is O=C(Cc1csc(SCC(=O)c2ccccc2)n1)Nc1ccccc1. The van der Waals surface area contributed by atoms with Gasteiger partial charge in [-0.2, -0.15) is 0 Å². The van der Waals surface area contributed by atoms with Crippen LogP contribution >= 0.6 is 23.1 Å². The molecule has 1 N–H and O–H groups in total. The number of hydrogen-bond acceptors (Lipinski definition) is 5. The van der Waals surface area contributed by atoms with Gasteiger partial charge in [0.05, 0.1) is 17.9 Å². The van der Waals surface area contributed by atoms with Crippen LogP contribution in [0.2, 0.25) is 0 Å². The van der Waals surface area contributed by atoms with Crippen LogP contribution in [0.1, 0.15) is 16.1 Å². The second kappa shape index (κ2) is 8.60. The van der Waals surface area contributed by atoms with Crippen LogP contribution in [0.25, 0.3) is 0 Å². The maximum absolute atomic E-state index is 12.1. The first-order valence-electron chi connectivity index (χ1n) is 7.71. The van der Waals surface area contributed by atoms with E-state index in [-0.39, 0.29) is 18.1 Å². The molecule has 0 aliphatic heterocycles. The second-order valence-corrected chi connectivity index (χ2v) is 7.35. The first-order valence-corrected chi connectivity index (χ1v) is 9.57. The molecule has 0 radical (unpaired) electrons. The Morgan fingerprint density at radius 2 is 1.68 bits per heavy atom. The van der Waals surface area contributed by atoms with Crippen molar-refractivity contribution in [2.45, 2.75) is 10.8 Å². The molecule has 0 bridgehead atoms. The molecule has 3 rings (SSSR count). The van der Waals surface area contributed by atoms with E-state index in [1.165, 1.54) is 23.1 Å². The monoisotopic (exact) mass is 368 g/mol. The normalized spacial score (nSPS) is 10.4. The van der Waals surface area contributed by atoms with Crippen molar-refractivity contribution >= 4 is 40.5 Å². The lowest BCUT2D eigenvalue weighted by molar-refractivity contribution is -0.115. The van der Waals surface area contributed by atoms with Crippen LogP contribution in [0.4, 0.5) is 5.69 Å². The minimum absolute atomic E-state index is 0.0733. The zero-order valence-corrected chi connectivity index (χ0v) is 15.0. The van der Waals surface area contributed by atoms with Gasteiger partial charge in [-0.1, -0.05) is 60.3 Å². The number of nitrogens with one attached hydrogen (secondary N) is 1. The minimum atomic E-state index is -0.103. The van der Waals surface area contributed by atoms with Gasteiger partial charge in [0.1, 0.15) is 0 Å². The summed E-state index contributed by atoms with van der Waals surface area (Å²) in [4.78, 5) is 28.6. The first-order chi connectivity index (χ1) is 12.2. The highest BCUT2D eigenvalue weighted by atomic mass is 32.2. The summed E-state index contributed by atoms with van der Waals surface area (Å²) >= 11 is 2.86. The maximum Gasteiger partial charge on any atom is 0.230 e. The number of nitrogens with zero attached hydrogens (tertiary/aromatic N) is 1. The fourth-order valence-electron chi connectivity index (χ4n) is 2.16. The summed E-state index contributed by atoms with van der Waals surface area (Å²) < 4.78 is 0.798. The minimum Gasteiger partial charge on any atom is -0.326 e. The third-order valence-electron chi connectivity index (χ3n) is 3.35. The van der Waals surface area contributed by atoms with Crippen molar-refractivity contribution in [1.29, 1.82) is 0 Å². The summed E-state index contributed by atoms with van der Waals surface area (Å²) in [7, 11) is 0. The van der Waals surface area contributed by atoms with E-state index >= 15 is 0 Å². The zero-order chi connectivity index (χ0) is 17.5. The number of Topliss-reactive ketones (excluding diaryl/α,β-unsaturated/α-hetero) is 1. The number of thioether (sulfide) groups is 1. The summed E-state index contributed by atoms with van der Waals surface area (Å²) in [6, 6.07) is 18.5. The molecule has 0 aliphatic carbocycles. The summed E-state index contributed by atoms with van der Waals surface area (Å²) in [6.45, 7) is 0. The predicted molar refractivity (Wildman–Crippen MR) is 102 cm³/mol. The fourth-order valence-corrected chi connectivity index (χ4v) is 3.90. The smallest absolute Gasteiger partial charge is 0.230 e. The van der Waals surface area contributed by atoms with E-state index in [9.17, 15) is 9.59 Å². The van der Waals surface area contributed by atoms with Gasteiger partial charge in [-0.3, -0.25) is 9.59 Å². The molecule has 3 aromatic rings. The Bertz CT molecular complexity index is 848. The summed E-state index contributed by atoms with van der Waals surface area (Å²) in [5, 5.41) is 4.70. The number of amides is 1. The lowest BCUT2D eigenvalue weighted by Crippen LogP contribution is -2.14. The Balaban J connectivity index is 1.50. The number of carbonyl (C=O) groups is 2. The van der Waals surface area contributed by atoms with E-state index in [1.54, 1.807) is 0 Å². The average Bonchev–Trinajstić information content (AvgIpc) is 3.08. The van der Waals surface area contributed by atoms with Crippen LogP contribution in [0, 0.1) is 0 Å². The van der Waals surface area contributed by atoms with E-state index in [0.29, 0.717) is 17.0 Å². The van der Waals surface area contributed by atoms with Gasteiger partial charge in [0.2, 0.25) is 5.91 Å². The number of benzene rings is 2. The Kier molecular flexibility index (Phi) is 5.98. The molecule has 0 spiro atoms. The number of para-hydroxylation sites is 1. The molecule has 0 saturated carbocycles. The van der Waals surface area contributed by atoms with Crippen molar-refractivity contribution in [2.75, 3.05) is 11.1 Å². The average molecular weight is 368 g/mol. The Labute approximate surface area is 154 Å². The third-order valence-corrected chi connectivity index (χ3v) is 5.42. The lowest BCUT2D eigenvalue weighted by atomic mass is 10.2. The van der Waals surface area contributed by atoms with Gasteiger partial charge in [0, 0.05) is 16.6 Å². The highest BCUT2D eigenvalue weighted by Gasteiger charge is 2.11. The van der Waals surface area contributed by atoms with Crippen molar-refractivity contribution in [3.05, 3.63) is 77.3 Å². The number of rotatable bonds is 7. The molecule has 25 heavy (non-hydrogen) atoms. The highest BCUT2D eigenvalue weighted by Crippen LogP contribution is 2.24. The third kappa shape index (κ3) is 5.27. The van der Waals surface area contributed by atoms with Gasteiger partial charge in [-0.25, -0.2) is 4.98 Å². The molecule has 126 valence electrons. The number of aromatic nitrogens is 1. The van der Waals surface area contributed by atoms with Crippen LogP contribution in [0.5, 0.6) is 0 Å². The van der Waals surface area contributed by atoms with E-state index in [1.807, 2.05) is 66.0 Å². The van der Waals surface area contributed by atoms with E-state index in [4.69, 9.17) is 0 Å². The fraction of sp³-hybridized carbons (Fsp3) is 0.105. The van der Waals surface area contributed by atoms with Crippen molar-refractivity contribution < 1.29 is 9.59 Å². The van der Waals surface area contributed by atoms with Crippen LogP contribution in [-0.2, 0) is 11.2 Å². The molecular weight excluding hydrogens is 352 g/mol. The summed E-state index contributed by atoms with van der Waals surface area (Å²) in [5.74, 6) is 0.310. The molecule has 4 nitrogen and oxygen atoms in total. The predicted octanol–water partition coefficient (Wildman–Crippen LogP) is 4.30. The van der Waals surface area contributed by atoms with Crippen LogP contribution in [0.15, 0.2) is 70.4 Å². The molecule has 1 heterocycles. The maximum atomic E-state index is 12.1. The summed E-state index contributed by atoms with van der Waals surface area (Å²) in [5.41, 5.74) is 2.19. The molecule has 0 atom stereocenters. The van der Waals surface area contributed by atoms with Crippen molar-refractivity contribution in [2.24, 2.45) is 0 Å². The van der Waals surface area contributed by atoms with E-state index in [2.05, 4.69) is 10.3 Å². The van der Waals surface area contributed by atoms with Gasteiger partial charge in [-0.15, -0.1) is 11.3 Å². The standard InChI is InChI=1S/C19H16N2O2S2/c22-17(14-7-3-1-4-8-14)13-25-19-21-16(12-24-19)11-18(23)20-15-9-5-2-6-10-15/h1-10,12H,11,13H2,(H,20,23). The number of carbonyl (C=O) groups excluding carboxylic acids is 2. The molecule has 0 aliphatic rings. The van der Waals surface area contributed by atoms with Gasteiger partial charge >= 0.3 is 0 Å². The van der Waals surface area contributed by atoms with Crippen LogP contribution in [0.3, 0.4) is 0 Å². The van der Waals surface area contributed by atoms with E-state index < -0.39 is 0 Å². The topological polar surface area (TPSA) is 59.1 Å². The van der Waals surface area contributed by atoms with Crippen LogP contribution < -0.4 is 5.32 Å². The number of anilines is 1. The molecule has 1 amide bonds. The first kappa shape index (κ1) is 17.4. The number of hydrogen-bond donors (Lipinski definition) is 1. The summed E-state index contributed by atoms with van der Waals surface area (Å²) in [6.07, 6.45) is 0.221. The van der Waals surface area contributed by atoms with Gasteiger partial charge in [0.25, 0.3) is 0 Å². The Hall–Kier alpha value is -2.44. The van der Waals surface area contributed by atoms with Gasteiger partial charge in [0.15, 0.2) is 10.1 Å². The molecule has 6 heteroatoms. The molecule has 0 saturated heterocycles. The Morgan fingerprint density at radius 1 is 1.00 bits per heavy atom. The van der Waals surface area contributed by atoms with Crippen molar-refractivity contribution in [3.63, 3.8) is 0 Å². The Morgan fingerprint density at radius 3 is 2.40 bits per heavy atom. The lowest BCUT2D eigenvalue weighted by Gasteiger charge is -2.03. The molecule has 1 aromatic heterocycles. The number of ketones is 1. The highest BCUT2D eigenvalue weighted by molar-refractivity contribution is 8.01. The van der Waals surface area contributed by atoms with E-state index in [0.717, 1.165) is 10.0 Å². The quantitative estimate of drug-likeness (QED) is 0.499. The molecule has 2 aromatic carbocycles. The zero-order valence-electron chi connectivity index (χ0n) is 13.3. The number of thiazole rings is 1. The largest absolute Gasteiger partial charge is 0.326 e. The second-order valence-electron chi connectivity index (χ2n) is 5.27. The molecular formula is C19H16N2O2S2. The van der Waals surface area contributed by atoms with Crippen molar-refractivity contribution in [1.82, 2.24) is 4.98 Å². The molecule has 0 fully saturated rings. The van der Waals surface area contributed by atoms with Gasteiger partial charge < -0.3 is 5.32 Å². The molecule has 0 unspecified atom stereocenters. The van der Waals surface area contributed by atoms with Crippen molar-refractivity contribution in [3.8, 4) is 0 Å². The van der Waals surface area contributed by atoms with Crippen LogP contribution in [-0.4, -0.2) is 22.4 Å². The van der Waals surface area contributed by atoms with Gasteiger partial charge in [-0.05, 0) is 12.1 Å².